The molecule has 2 heterocycles. The highest BCUT2D eigenvalue weighted by molar-refractivity contribution is 6.33. The Labute approximate surface area is 267 Å². The monoisotopic (exact) mass is 622 g/mol. The number of nitrogens with one attached hydrogen (secondary N) is 1. The van der Waals surface area contributed by atoms with Crippen LogP contribution in [0.1, 0.15) is 16.8 Å². The summed E-state index contributed by atoms with van der Waals surface area (Å²) in [5, 5.41) is 12.1. The first kappa shape index (κ1) is 30.2. The van der Waals surface area contributed by atoms with Crippen LogP contribution in [-0.4, -0.2) is 49.7 Å². The number of pyridine rings is 1. The molecule has 0 unspecified atom stereocenters. The predicted octanol–water partition coefficient (Wildman–Crippen LogP) is 7.32. The second-order valence-electron chi connectivity index (χ2n) is 10.6. The zero-order valence-corrected chi connectivity index (χ0v) is 26.5. The Morgan fingerprint density at radius 3 is 2.09 bits per heavy atom. The van der Waals surface area contributed by atoms with Gasteiger partial charge in [0.25, 0.3) is 0 Å². The minimum Gasteiger partial charge on any atom is -0.497 e. The maximum absolute atomic E-state index is 6.75. The van der Waals surface area contributed by atoms with Gasteiger partial charge in [0.1, 0.15) is 11.5 Å². The SMILES string of the molecule is COc1cccc(CCNCc2nn(Cc3cccc(OC)c3)c3nc(-c4ccccc4Cl)c4cc(OC)c(OC)cc4c23)c1. The number of nitrogens with zero attached hydrogens (tertiary/aromatic N) is 3. The van der Waals surface area contributed by atoms with Crippen LogP contribution in [0.5, 0.6) is 23.0 Å². The van der Waals surface area contributed by atoms with Gasteiger partial charge in [-0.3, -0.25) is 0 Å². The number of hydrogen-bond donors (Lipinski definition) is 1. The normalized spacial score (nSPS) is 11.2. The topological polar surface area (TPSA) is 79.7 Å². The lowest BCUT2D eigenvalue weighted by Gasteiger charge is -2.14. The van der Waals surface area contributed by atoms with Gasteiger partial charge in [0, 0.05) is 27.9 Å². The van der Waals surface area contributed by atoms with Gasteiger partial charge in [0.15, 0.2) is 17.1 Å². The maximum atomic E-state index is 6.75. The molecule has 45 heavy (non-hydrogen) atoms. The van der Waals surface area contributed by atoms with E-state index in [-0.39, 0.29) is 0 Å². The molecule has 0 amide bonds. The number of fused-ring (bicyclic) bond motifs is 3. The number of halogens is 1. The molecule has 0 aliphatic heterocycles. The molecule has 0 radical (unpaired) electrons. The highest BCUT2D eigenvalue weighted by Gasteiger charge is 2.22. The summed E-state index contributed by atoms with van der Waals surface area (Å²) in [6.07, 6.45) is 0.848. The third kappa shape index (κ3) is 6.25. The molecule has 0 bridgehead atoms. The molecule has 0 atom stereocenters. The fourth-order valence-corrected chi connectivity index (χ4v) is 5.87. The number of aromatic nitrogens is 3. The van der Waals surface area contributed by atoms with Crippen molar-refractivity contribution in [1.29, 1.82) is 0 Å². The maximum Gasteiger partial charge on any atom is 0.161 e. The molecule has 1 N–H and O–H groups in total. The molecule has 6 aromatic rings. The lowest BCUT2D eigenvalue weighted by atomic mass is 10.00. The van der Waals surface area contributed by atoms with E-state index in [1.807, 2.05) is 71.4 Å². The third-order valence-electron chi connectivity index (χ3n) is 7.88. The molecule has 0 fully saturated rings. The van der Waals surface area contributed by atoms with Gasteiger partial charge in [-0.15, -0.1) is 0 Å². The van der Waals surface area contributed by atoms with E-state index in [9.17, 15) is 0 Å². The van der Waals surface area contributed by atoms with Gasteiger partial charge in [0.2, 0.25) is 0 Å². The molecule has 4 aromatic carbocycles. The van der Waals surface area contributed by atoms with E-state index in [4.69, 9.17) is 40.6 Å². The summed E-state index contributed by atoms with van der Waals surface area (Å²) in [5.74, 6) is 2.88. The molecule has 6 rings (SSSR count). The van der Waals surface area contributed by atoms with E-state index in [1.54, 1.807) is 28.4 Å². The van der Waals surface area contributed by atoms with Crippen LogP contribution in [0, 0.1) is 0 Å². The fourth-order valence-electron chi connectivity index (χ4n) is 5.64. The zero-order chi connectivity index (χ0) is 31.3. The lowest BCUT2D eigenvalue weighted by Crippen LogP contribution is -2.17. The molecule has 0 aliphatic rings. The van der Waals surface area contributed by atoms with Crippen LogP contribution >= 0.6 is 11.6 Å². The summed E-state index contributed by atoms with van der Waals surface area (Å²) in [7, 11) is 6.63. The molecule has 9 heteroatoms. The van der Waals surface area contributed by atoms with Crippen molar-refractivity contribution in [2.24, 2.45) is 0 Å². The van der Waals surface area contributed by atoms with Crippen molar-refractivity contribution >= 4 is 33.4 Å². The standard InChI is InChI=1S/C36H35ClN4O4/c1-42-25-11-7-9-23(17-25)15-16-38-21-31-34-28-19-32(44-3)33(45-4)20-29(28)35(27-13-5-6-14-30(27)37)39-36(34)41(40-31)22-24-10-8-12-26(18-24)43-2/h5-14,17-20,38H,15-16,21-22H2,1-4H3. The largest absolute Gasteiger partial charge is 0.497 e. The Hall–Kier alpha value is -4.79. The van der Waals surface area contributed by atoms with E-state index in [0.29, 0.717) is 29.6 Å². The second-order valence-corrected chi connectivity index (χ2v) is 11.0. The molecule has 230 valence electrons. The lowest BCUT2D eigenvalue weighted by molar-refractivity contribution is 0.356. The summed E-state index contributed by atoms with van der Waals surface area (Å²) in [4.78, 5) is 5.27. The van der Waals surface area contributed by atoms with Gasteiger partial charge in [-0.05, 0) is 66.6 Å². The van der Waals surface area contributed by atoms with Crippen molar-refractivity contribution in [1.82, 2.24) is 20.1 Å². The fraction of sp³-hybridized carbons (Fsp3) is 0.222. The van der Waals surface area contributed by atoms with Crippen molar-refractivity contribution < 1.29 is 18.9 Å². The van der Waals surface area contributed by atoms with Crippen LogP contribution in [0.25, 0.3) is 33.1 Å². The van der Waals surface area contributed by atoms with Crippen molar-refractivity contribution in [2.75, 3.05) is 35.0 Å². The molecule has 0 saturated heterocycles. The Balaban J connectivity index is 1.49. The van der Waals surface area contributed by atoms with E-state index in [0.717, 1.165) is 68.8 Å². The number of methoxy groups -OCH3 is 4. The van der Waals surface area contributed by atoms with Crippen LogP contribution in [0.15, 0.2) is 84.9 Å². The second kappa shape index (κ2) is 13.5. The Kier molecular flexibility index (Phi) is 9.05. The third-order valence-corrected chi connectivity index (χ3v) is 8.21. The zero-order valence-electron chi connectivity index (χ0n) is 25.8. The Bertz CT molecular complexity index is 1970. The molecule has 0 aliphatic carbocycles. The first-order chi connectivity index (χ1) is 22.0. The van der Waals surface area contributed by atoms with Crippen LogP contribution < -0.4 is 24.3 Å². The summed E-state index contributed by atoms with van der Waals surface area (Å²) in [6.45, 7) is 1.81. The molecule has 8 nitrogen and oxygen atoms in total. The predicted molar refractivity (Wildman–Crippen MR) is 179 cm³/mol. The van der Waals surface area contributed by atoms with Gasteiger partial charge in [0.05, 0.1) is 51.8 Å². The highest BCUT2D eigenvalue weighted by atomic mass is 35.5. The van der Waals surface area contributed by atoms with Gasteiger partial charge >= 0.3 is 0 Å². The first-order valence-electron chi connectivity index (χ1n) is 14.7. The van der Waals surface area contributed by atoms with Gasteiger partial charge in [-0.25, -0.2) is 9.67 Å². The minimum atomic E-state index is 0.505. The number of rotatable bonds is 12. The van der Waals surface area contributed by atoms with E-state index >= 15 is 0 Å². The summed E-state index contributed by atoms with van der Waals surface area (Å²) in [5.41, 5.74) is 5.44. The highest BCUT2D eigenvalue weighted by Crippen LogP contribution is 2.42. The van der Waals surface area contributed by atoms with Crippen molar-refractivity contribution in [3.63, 3.8) is 0 Å². The smallest absolute Gasteiger partial charge is 0.161 e. The molecular formula is C36H35ClN4O4. The summed E-state index contributed by atoms with van der Waals surface area (Å²) >= 11 is 6.75. The van der Waals surface area contributed by atoms with Crippen LogP contribution in [0.4, 0.5) is 0 Å². The average molecular weight is 623 g/mol. The number of ether oxygens (including phenoxy) is 4. The average Bonchev–Trinajstić information content (AvgIpc) is 3.42. The minimum absolute atomic E-state index is 0.505. The van der Waals surface area contributed by atoms with Crippen LogP contribution in [0.2, 0.25) is 5.02 Å². The molecule has 2 aromatic heterocycles. The molecule has 0 saturated carbocycles. The van der Waals surface area contributed by atoms with Gasteiger partial charge < -0.3 is 24.3 Å². The van der Waals surface area contributed by atoms with Crippen LogP contribution in [-0.2, 0) is 19.5 Å². The van der Waals surface area contributed by atoms with Crippen molar-refractivity contribution in [3.8, 4) is 34.3 Å². The van der Waals surface area contributed by atoms with Gasteiger partial charge in [-0.2, -0.15) is 5.10 Å². The number of hydrogen-bond acceptors (Lipinski definition) is 7. The van der Waals surface area contributed by atoms with Crippen LogP contribution in [0.3, 0.4) is 0 Å². The number of benzene rings is 4. The molecule has 0 spiro atoms. The van der Waals surface area contributed by atoms with E-state index < -0.39 is 0 Å². The quantitative estimate of drug-likeness (QED) is 0.143. The van der Waals surface area contributed by atoms with E-state index in [2.05, 4.69) is 23.5 Å². The Morgan fingerprint density at radius 2 is 1.40 bits per heavy atom. The van der Waals surface area contributed by atoms with Crippen molar-refractivity contribution in [3.05, 3.63) is 107 Å². The molecular weight excluding hydrogens is 588 g/mol. The van der Waals surface area contributed by atoms with E-state index in [1.165, 1.54) is 5.56 Å². The summed E-state index contributed by atoms with van der Waals surface area (Å²) in [6, 6.07) is 27.8. The van der Waals surface area contributed by atoms with Crippen molar-refractivity contribution in [2.45, 2.75) is 19.5 Å². The summed E-state index contributed by atoms with van der Waals surface area (Å²) < 4.78 is 24.3. The van der Waals surface area contributed by atoms with Gasteiger partial charge in [-0.1, -0.05) is 54.1 Å². The Morgan fingerprint density at radius 1 is 0.733 bits per heavy atom. The first-order valence-corrected chi connectivity index (χ1v) is 15.1.